The van der Waals surface area contributed by atoms with Crippen LogP contribution in [0, 0.1) is 0 Å². The number of nitrogens with zero attached hydrogens (tertiary/aromatic N) is 2. The smallest absolute Gasteiger partial charge is 0.313 e. The van der Waals surface area contributed by atoms with E-state index < -0.39 is 0 Å². The second-order valence-electron chi connectivity index (χ2n) is 4.81. The summed E-state index contributed by atoms with van der Waals surface area (Å²) < 4.78 is 0. The van der Waals surface area contributed by atoms with Crippen molar-refractivity contribution in [1.29, 1.82) is 0 Å². The average Bonchev–Trinajstić information content (AvgIpc) is 2.55. The zero-order valence-corrected chi connectivity index (χ0v) is 12.5. The lowest BCUT2D eigenvalue weighted by atomic mass is 10.1. The molecule has 0 bridgehead atoms. The number of pyridine rings is 1. The van der Waals surface area contributed by atoms with Gasteiger partial charge in [0.15, 0.2) is 0 Å². The van der Waals surface area contributed by atoms with E-state index >= 15 is 0 Å². The zero-order valence-electron chi connectivity index (χ0n) is 12.5. The molecule has 0 saturated heterocycles. The van der Waals surface area contributed by atoms with Gasteiger partial charge in [-0.25, -0.2) is 9.78 Å². The lowest BCUT2D eigenvalue weighted by Crippen LogP contribution is -2.31. The van der Waals surface area contributed by atoms with E-state index in [9.17, 15) is 4.79 Å². The number of hydrogen-bond donors (Lipinski definition) is 2. The minimum atomic E-state index is -0.219. The summed E-state index contributed by atoms with van der Waals surface area (Å²) in [5.41, 5.74) is 1.93. The predicted molar refractivity (Wildman–Crippen MR) is 85.6 cm³/mol. The maximum Gasteiger partial charge on any atom is 0.327 e. The van der Waals surface area contributed by atoms with Crippen molar-refractivity contribution in [3.8, 4) is 0 Å². The van der Waals surface area contributed by atoms with Crippen molar-refractivity contribution in [2.24, 2.45) is 0 Å². The van der Waals surface area contributed by atoms with Crippen LogP contribution in [-0.2, 0) is 0 Å². The van der Waals surface area contributed by atoms with Crippen molar-refractivity contribution in [2.45, 2.75) is 13.0 Å². The summed E-state index contributed by atoms with van der Waals surface area (Å²) in [5, 5.41) is 6.03. The minimum absolute atomic E-state index is 0.219. The van der Waals surface area contributed by atoms with Gasteiger partial charge in [-0.3, -0.25) is 4.90 Å². The maximum atomic E-state index is 12.2. The molecule has 2 rings (SSSR count). The molecule has 0 aliphatic rings. The maximum absolute atomic E-state index is 12.2. The molecule has 2 aromatic rings. The lowest BCUT2D eigenvalue weighted by molar-refractivity contribution is 0.258. The topological polar surface area (TPSA) is 57.3 Å². The van der Waals surface area contributed by atoms with Crippen molar-refractivity contribution in [2.75, 3.05) is 24.3 Å². The fourth-order valence-electron chi connectivity index (χ4n) is 1.89. The van der Waals surface area contributed by atoms with Gasteiger partial charge in [-0.2, -0.15) is 0 Å². The van der Waals surface area contributed by atoms with Gasteiger partial charge in [-0.1, -0.05) is 18.2 Å². The van der Waals surface area contributed by atoms with E-state index in [1.54, 1.807) is 19.3 Å². The highest BCUT2D eigenvalue weighted by atomic mass is 16.2. The Hall–Kier alpha value is -2.40. The SMILES string of the molecule is CNC(C)c1ccc(NC(=O)N(C)c2ccccn2)cc1. The molecule has 21 heavy (non-hydrogen) atoms. The van der Waals surface area contributed by atoms with Gasteiger partial charge in [0, 0.05) is 25.0 Å². The molecule has 1 atom stereocenters. The van der Waals surface area contributed by atoms with Crippen molar-refractivity contribution < 1.29 is 4.79 Å². The van der Waals surface area contributed by atoms with Crippen LogP contribution in [0.15, 0.2) is 48.7 Å². The summed E-state index contributed by atoms with van der Waals surface area (Å²) in [6.45, 7) is 2.09. The predicted octanol–water partition coefficient (Wildman–Crippen LogP) is 3.03. The van der Waals surface area contributed by atoms with Crippen LogP contribution in [0.2, 0.25) is 0 Å². The van der Waals surface area contributed by atoms with E-state index in [1.165, 1.54) is 10.5 Å². The fraction of sp³-hybridized carbons (Fsp3) is 0.250. The Morgan fingerprint density at radius 1 is 1.19 bits per heavy atom. The van der Waals surface area contributed by atoms with Gasteiger partial charge in [0.1, 0.15) is 5.82 Å². The molecule has 5 nitrogen and oxygen atoms in total. The van der Waals surface area contributed by atoms with E-state index in [0.717, 1.165) is 5.69 Å². The molecule has 2 N–H and O–H groups in total. The number of benzene rings is 1. The standard InChI is InChI=1S/C16H20N4O/c1-12(17-2)13-7-9-14(10-8-13)19-16(21)20(3)15-6-4-5-11-18-15/h4-12,17H,1-3H3,(H,19,21). The fourth-order valence-corrected chi connectivity index (χ4v) is 1.89. The van der Waals surface area contributed by atoms with E-state index in [4.69, 9.17) is 0 Å². The highest BCUT2D eigenvalue weighted by Crippen LogP contribution is 2.16. The van der Waals surface area contributed by atoms with Gasteiger partial charge >= 0.3 is 6.03 Å². The Morgan fingerprint density at radius 3 is 2.48 bits per heavy atom. The number of hydrogen-bond acceptors (Lipinski definition) is 3. The molecule has 0 spiro atoms. The Bertz CT molecular complexity index is 583. The van der Waals surface area contributed by atoms with Crippen LogP contribution < -0.4 is 15.5 Å². The van der Waals surface area contributed by atoms with Crippen molar-refractivity contribution in [3.05, 3.63) is 54.2 Å². The molecule has 0 saturated carbocycles. The molecule has 1 unspecified atom stereocenters. The van der Waals surface area contributed by atoms with Gasteiger partial charge in [0.05, 0.1) is 0 Å². The van der Waals surface area contributed by atoms with Crippen LogP contribution in [0.5, 0.6) is 0 Å². The van der Waals surface area contributed by atoms with Crippen LogP contribution in [0.1, 0.15) is 18.5 Å². The van der Waals surface area contributed by atoms with Gasteiger partial charge in [0.2, 0.25) is 0 Å². The Labute approximate surface area is 125 Å². The first-order valence-corrected chi connectivity index (χ1v) is 6.85. The van der Waals surface area contributed by atoms with Crippen molar-refractivity contribution in [3.63, 3.8) is 0 Å². The van der Waals surface area contributed by atoms with E-state index in [0.29, 0.717) is 5.82 Å². The molecule has 0 radical (unpaired) electrons. The third-order valence-corrected chi connectivity index (χ3v) is 3.39. The molecule has 0 aliphatic heterocycles. The van der Waals surface area contributed by atoms with Crippen LogP contribution in [0.25, 0.3) is 0 Å². The van der Waals surface area contributed by atoms with E-state index in [2.05, 4.69) is 22.5 Å². The zero-order chi connectivity index (χ0) is 15.2. The largest absolute Gasteiger partial charge is 0.327 e. The van der Waals surface area contributed by atoms with Crippen LogP contribution in [0.3, 0.4) is 0 Å². The highest BCUT2D eigenvalue weighted by molar-refractivity contribution is 6.00. The molecule has 5 heteroatoms. The highest BCUT2D eigenvalue weighted by Gasteiger charge is 2.11. The summed E-state index contributed by atoms with van der Waals surface area (Å²) in [5.74, 6) is 0.607. The third-order valence-electron chi connectivity index (χ3n) is 3.39. The van der Waals surface area contributed by atoms with Crippen molar-refractivity contribution >= 4 is 17.5 Å². The molecule has 0 aliphatic carbocycles. The van der Waals surface area contributed by atoms with Crippen LogP contribution in [-0.4, -0.2) is 25.1 Å². The number of anilines is 2. The molecular weight excluding hydrogens is 264 g/mol. The Balaban J connectivity index is 2.03. The van der Waals surface area contributed by atoms with Crippen LogP contribution >= 0.6 is 0 Å². The van der Waals surface area contributed by atoms with Gasteiger partial charge in [0.25, 0.3) is 0 Å². The van der Waals surface area contributed by atoms with Gasteiger partial charge in [-0.05, 0) is 43.8 Å². The average molecular weight is 284 g/mol. The molecule has 1 aromatic carbocycles. The normalized spacial score (nSPS) is 11.8. The Morgan fingerprint density at radius 2 is 1.90 bits per heavy atom. The number of carbonyl (C=O) groups is 1. The number of rotatable bonds is 4. The first-order valence-electron chi connectivity index (χ1n) is 6.85. The van der Waals surface area contributed by atoms with Crippen LogP contribution in [0.4, 0.5) is 16.3 Å². The summed E-state index contributed by atoms with van der Waals surface area (Å²) >= 11 is 0. The van der Waals surface area contributed by atoms with Gasteiger partial charge in [-0.15, -0.1) is 0 Å². The lowest BCUT2D eigenvalue weighted by Gasteiger charge is -2.17. The summed E-state index contributed by atoms with van der Waals surface area (Å²) in [6.07, 6.45) is 1.66. The Kier molecular flexibility index (Phi) is 4.90. The third kappa shape index (κ3) is 3.79. The summed E-state index contributed by atoms with van der Waals surface area (Å²) in [6, 6.07) is 13.3. The minimum Gasteiger partial charge on any atom is -0.313 e. The van der Waals surface area contributed by atoms with Gasteiger partial charge < -0.3 is 10.6 Å². The quantitative estimate of drug-likeness (QED) is 0.907. The number of urea groups is 1. The second-order valence-corrected chi connectivity index (χ2v) is 4.81. The summed E-state index contributed by atoms with van der Waals surface area (Å²) in [4.78, 5) is 17.8. The second kappa shape index (κ2) is 6.85. The van der Waals surface area contributed by atoms with E-state index in [1.807, 2.05) is 43.4 Å². The molecular formula is C16H20N4O. The molecule has 1 aromatic heterocycles. The van der Waals surface area contributed by atoms with Crippen molar-refractivity contribution in [1.82, 2.24) is 10.3 Å². The number of nitrogens with one attached hydrogen (secondary N) is 2. The summed E-state index contributed by atoms with van der Waals surface area (Å²) in [7, 11) is 3.61. The molecule has 110 valence electrons. The number of carbonyl (C=O) groups excluding carboxylic acids is 1. The first kappa shape index (κ1) is 15.0. The first-order chi connectivity index (χ1) is 10.1. The monoisotopic (exact) mass is 284 g/mol. The number of amides is 2. The number of aromatic nitrogens is 1. The molecule has 0 fully saturated rings. The van der Waals surface area contributed by atoms with E-state index in [-0.39, 0.29) is 12.1 Å². The molecule has 1 heterocycles. The molecule has 2 amide bonds.